The minimum absolute atomic E-state index is 0.115. The van der Waals surface area contributed by atoms with Crippen molar-refractivity contribution in [1.82, 2.24) is 15.4 Å². The number of carbonyl (C=O) groups is 1. The summed E-state index contributed by atoms with van der Waals surface area (Å²) in [4.78, 5) is 20.5. The molecule has 142 valence electrons. The molecule has 1 N–H and O–H groups in total. The zero-order valence-corrected chi connectivity index (χ0v) is 14.8. The lowest BCUT2D eigenvalue weighted by molar-refractivity contribution is -0.137. The number of alkyl halides is 3. The smallest absolute Gasteiger partial charge is 0.273 e. The van der Waals surface area contributed by atoms with Gasteiger partial charge in [-0.05, 0) is 17.5 Å². The molecule has 0 aliphatic carbocycles. The Labute approximate surface area is 154 Å². The van der Waals surface area contributed by atoms with Crippen LogP contribution in [0.3, 0.4) is 0 Å². The lowest BCUT2D eigenvalue weighted by Crippen LogP contribution is -2.46. The van der Waals surface area contributed by atoms with Crippen LogP contribution in [-0.4, -0.2) is 22.4 Å². The topological polar surface area (TPSA) is 81.9 Å². The summed E-state index contributed by atoms with van der Waals surface area (Å²) in [7, 11) is 0. The van der Waals surface area contributed by atoms with Gasteiger partial charge in [0.1, 0.15) is 6.07 Å². The van der Waals surface area contributed by atoms with Crippen molar-refractivity contribution < 1.29 is 18.0 Å². The predicted octanol–water partition coefficient (Wildman–Crippen LogP) is 3.10. The van der Waals surface area contributed by atoms with E-state index >= 15 is 0 Å². The normalized spacial score (nSPS) is 11.3. The molecule has 1 aromatic carbocycles. The van der Waals surface area contributed by atoms with Crippen molar-refractivity contribution in [2.24, 2.45) is 5.92 Å². The zero-order chi connectivity index (χ0) is 20.0. The number of benzene rings is 1. The standard InChI is InChI=1S/C18H18F3N5O/c1-12(2)11-24-26(16-6-7-23-15(10-22)25-16)17(27)9-13-4-3-5-14(8-13)18(19,20)21/h3-8,12,24H,9,11H2,1-2H3. The maximum atomic E-state index is 12.9. The lowest BCUT2D eigenvalue weighted by atomic mass is 10.1. The van der Waals surface area contributed by atoms with Crippen LogP contribution < -0.4 is 10.4 Å². The lowest BCUT2D eigenvalue weighted by Gasteiger charge is -2.23. The number of halogens is 3. The number of aromatic nitrogens is 2. The van der Waals surface area contributed by atoms with Crippen LogP contribution in [-0.2, 0) is 17.4 Å². The molecule has 0 aliphatic rings. The second-order valence-corrected chi connectivity index (χ2v) is 6.21. The van der Waals surface area contributed by atoms with Gasteiger partial charge in [0.15, 0.2) is 5.82 Å². The van der Waals surface area contributed by atoms with Crippen LogP contribution in [0.2, 0.25) is 0 Å². The number of hydrazine groups is 1. The maximum absolute atomic E-state index is 12.9. The van der Waals surface area contributed by atoms with Crippen LogP contribution in [0.5, 0.6) is 0 Å². The van der Waals surface area contributed by atoms with E-state index in [-0.39, 0.29) is 29.5 Å². The Morgan fingerprint density at radius 2 is 2.07 bits per heavy atom. The van der Waals surface area contributed by atoms with E-state index in [1.807, 2.05) is 13.8 Å². The molecular weight excluding hydrogens is 359 g/mol. The van der Waals surface area contributed by atoms with Gasteiger partial charge in [-0.3, -0.25) is 4.79 Å². The molecule has 1 amide bonds. The molecule has 0 radical (unpaired) electrons. The summed E-state index contributed by atoms with van der Waals surface area (Å²) in [5.41, 5.74) is 2.32. The molecule has 0 spiro atoms. The Morgan fingerprint density at radius 1 is 1.33 bits per heavy atom. The van der Waals surface area contributed by atoms with Crippen LogP contribution in [0.1, 0.15) is 30.8 Å². The third-order valence-electron chi connectivity index (χ3n) is 3.49. The Morgan fingerprint density at radius 3 is 2.70 bits per heavy atom. The predicted molar refractivity (Wildman–Crippen MR) is 92.2 cm³/mol. The summed E-state index contributed by atoms with van der Waals surface area (Å²) in [5.74, 6) is -0.265. The molecule has 2 aromatic rings. The molecule has 0 atom stereocenters. The molecule has 2 rings (SSSR count). The fourth-order valence-electron chi connectivity index (χ4n) is 2.21. The molecule has 0 saturated heterocycles. The van der Waals surface area contributed by atoms with Gasteiger partial charge in [0.05, 0.1) is 12.0 Å². The van der Waals surface area contributed by atoms with E-state index < -0.39 is 17.6 Å². The molecule has 0 bridgehead atoms. The highest BCUT2D eigenvalue weighted by Crippen LogP contribution is 2.29. The van der Waals surface area contributed by atoms with Crippen molar-refractivity contribution >= 4 is 11.7 Å². The number of nitrogens with zero attached hydrogens (tertiary/aromatic N) is 4. The Hall–Kier alpha value is -2.99. The van der Waals surface area contributed by atoms with E-state index in [1.54, 1.807) is 6.07 Å². The van der Waals surface area contributed by atoms with Gasteiger partial charge in [-0.1, -0.05) is 32.0 Å². The van der Waals surface area contributed by atoms with Crippen molar-refractivity contribution in [3.05, 3.63) is 53.5 Å². The third kappa shape index (κ3) is 5.76. The van der Waals surface area contributed by atoms with Crippen molar-refractivity contribution in [3.63, 3.8) is 0 Å². The third-order valence-corrected chi connectivity index (χ3v) is 3.49. The maximum Gasteiger partial charge on any atom is 0.416 e. The zero-order valence-electron chi connectivity index (χ0n) is 14.8. The molecule has 27 heavy (non-hydrogen) atoms. The van der Waals surface area contributed by atoms with Gasteiger partial charge in [0, 0.05) is 18.8 Å². The van der Waals surface area contributed by atoms with E-state index in [0.717, 1.165) is 17.1 Å². The number of carbonyl (C=O) groups excluding carboxylic acids is 1. The van der Waals surface area contributed by atoms with Crippen LogP contribution >= 0.6 is 0 Å². The second-order valence-electron chi connectivity index (χ2n) is 6.21. The van der Waals surface area contributed by atoms with Gasteiger partial charge in [-0.25, -0.2) is 15.4 Å². The van der Waals surface area contributed by atoms with Gasteiger partial charge in [-0.2, -0.15) is 23.4 Å². The van der Waals surface area contributed by atoms with Gasteiger partial charge in [0.25, 0.3) is 0 Å². The highest BCUT2D eigenvalue weighted by Gasteiger charge is 2.30. The summed E-state index contributed by atoms with van der Waals surface area (Å²) in [5, 5.41) is 10.1. The van der Waals surface area contributed by atoms with Crippen LogP contribution in [0.15, 0.2) is 36.5 Å². The Balaban J connectivity index is 2.27. The van der Waals surface area contributed by atoms with Crippen LogP contribution in [0, 0.1) is 17.2 Å². The minimum Gasteiger partial charge on any atom is -0.273 e. The van der Waals surface area contributed by atoms with Gasteiger partial charge < -0.3 is 0 Å². The largest absolute Gasteiger partial charge is 0.416 e. The molecule has 0 unspecified atom stereocenters. The van der Waals surface area contributed by atoms with Gasteiger partial charge in [0.2, 0.25) is 11.7 Å². The highest BCUT2D eigenvalue weighted by atomic mass is 19.4. The minimum atomic E-state index is -4.48. The molecule has 9 heteroatoms. The number of amides is 1. The van der Waals surface area contributed by atoms with E-state index in [9.17, 15) is 18.0 Å². The number of nitriles is 1. The first-order valence-corrected chi connectivity index (χ1v) is 8.16. The molecular formula is C18H18F3N5O. The van der Waals surface area contributed by atoms with Crippen LogP contribution in [0.25, 0.3) is 0 Å². The first kappa shape index (κ1) is 20.3. The molecule has 6 nitrogen and oxygen atoms in total. The fraction of sp³-hybridized carbons (Fsp3) is 0.333. The van der Waals surface area contributed by atoms with E-state index in [0.29, 0.717) is 6.54 Å². The Bertz CT molecular complexity index is 845. The van der Waals surface area contributed by atoms with E-state index in [2.05, 4.69) is 15.4 Å². The number of anilines is 1. The Kier molecular flexibility index (Phi) is 6.47. The summed E-state index contributed by atoms with van der Waals surface area (Å²) >= 11 is 0. The number of hydrogen-bond acceptors (Lipinski definition) is 5. The number of rotatable bonds is 6. The van der Waals surface area contributed by atoms with Crippen molar-refractivity contribution in [1.29, 1.82) is 5.26 Å². The van der Waals surface area contributed by atoms with Crippen molar-refractivity contribution in [2.45, 2.75) is 26.4 Å². The van der Waals surface area contributed by atoms with Crippen molar-refractivity contribution in [3.8, 4) is 6.07 Å². The monoisotopic (exact) mass is 377 g/mol. The molecule has 0 saturated carbocycles. The molecule has 0 fully saturated rings. The number of hydrogen-bond donors (Lipinski definition) is 1. The number of nitrogens with one attached hydrogen (secondary N) is 1. The molecule has 1 heterocycles. The summed E-state index contributed by atoms with van der Waals surface area (Å²) in [6, 6.07) is 7.84. The molecule has 0 aliphatic heterocycles. The van der Waals surface area contributed by atoms with Crippen molar-refractivity contribution in [2.75, 3.05) is 11.6 Å². The van der Waals surface area contributed by atoms with Gasteiger partial charge >= 0.3 is 6.18 Å². The van der Waals surface area contributed by atoms with Crippen LogP contribution in [0.4, 0.5) is 19.0 Å². The highest BCUT2D eigenvalue weighted by molar-refractivity contribution is 5.93. The fourth-order valence-corrected chi connectivity index (χ4v) is 2.21. The summed E-state index contributed by atoms with van der Waals surface area (Å²) < 4.78 is 38.6. The molecule has 1 aromatic heterocycles. The summed E-state index contributed by atoms with van der Waals surface area (Å²) in [6.45, 7) is 4.30. The SMILES string of the molecule is CC(C)CNN(C(=O)Cc1cccc(C(F)(F)F)c1)c1ccnc(C#N)n1. The van der Waals surface area contributed by atoms with E-state index in [4.69, 9.17) is 5.26 Å². The average Bonchev–Trinajstić information content (AvgIpc) is 2.61. The first-order chi connectivity index (χ1) is 12.7. The average molecular weight is 377 g/mol. The summed E-state index contributed by atoms with van der Waals surface area (Å²) in [6.07, 6.45) is -3.41. The van der Waals surface area contributed by atoms with Gasteiger partial charge in [-0.15, -0.1) is 0 Å². The second kappa shape index (κ2) is 8.60. The quantitative estimate of drug-likeness (QED) is 0.783. The first-order valence-electron chi connectivity index (χ1n) is 8.16. The van der Waals surface area contributed by atoms with E-state index in [1.165, 1.54) is 24.4 Å².